The smallest absolute Gasteiger partial charge is 0.211 e. The summed E-state index contributed by atoms with van der Waals surface area (Å²) in [6, 6.07) is 11.8. The molecular weight excluding hydrogens is 365 g/mol. The molecular formula is C15H14Cl3NO2S. The SMILES string of the molecule is O=S(=O)(NCCCc1ccc(Cl)cc1)c1cc(Cl)ccc1Cl. The van der Waals surface area contributed by atoms with Crippen molar-refractivity contribution < 1.29 is 8.42 Å². The molecule has 0 fully saturated rings. The summed E-state index contributed by atoms with van der Waals surface area (Å²) in [5.74, 6) is 0. The van der Waals surface area contributed by atoms with Gasteiger partial charge in [-0.3, -0.25) is 0 Å². The molecule has 0 radical (unpaired) electrons. The first-order valence-corrected chi connectivity index (χ1v) is 9.19. The minimum absolute atomic E-state index is 0.00633. The molecule has 0 aromatic heterocycles. The Balaban J connectivity index is 1.93. The second kappa shape index (κ2) is 7.66. The lowest BCUT2D eigenvalue weighted by Crippen LogP contribution is -2.25. The molecule has 2 aromatic rings. The van der Waals surface area contributed by atoms with E-state index in [1.807, 2.05) is 24.3 Å². The van der Waals surface area contributed by atoms with Gasteiger partial charge >= 0.3 is 0 Å². The Morgan fingerprint density at radius 1 is 0.909 bits per heavy atom. The summed E-state index contributed by atoms with van der Waals surface area (Å²) in [6.07, 6.45) is 1.42. The molecule has 0 atom stereocenters. The third-order valence-electron chi connectivity index (χ3n) is 3.03. The number of benzene rings is 2. The Labute approximate surface area is 145 Å². The molecule has 7 heteroatoms. The molecule has 0 heterocycles. The quantitative estimate of drug-likeness (QED) is 0.749. The summed E-state index contributed by atoms with van der Waals surface area (Å²) in [5, 5.41) is 1.15. The van der Waals surface area contributed by atoms with E-state index < -0.39 is 10.0 Å². The van der Waals surface area contributed by atoms with Gasteiger partial charge in [0.15, 0.2) is 0 Å². The van der Waals surface area contributed by atoms with Crippen LogP contribution in [0.1, 0.15) is 12.0 Å². The number of nitrogens with one attached hydrogen (secondary N) is 1. The maximum Gasteiger partial charge on any atom is 0.242 e. The van der Waals surface area contributed by atoms with Crippen LogP contribution in [0.3, 0.4) is 0 Å². The predicted molar refractivity (Wildman–Crippen MR) is 91.4 cm³/mol. The maximum atomic E-state index is 12.2. The van der Waals surface area contributed by atoms with Crippen LogP contribution >= 0.6 is 34.8 Å². The highest BCUT2D eigenvalue weighted by atomic mass is 35.5. The minimum Gasteiger partial charge on any atom is -0.211 e. The summed E-state index contributed by atoms with van der Waals surface area (Å²) >= 11 is 17.5. The Hall–Kier alpha value is -0.780. The van der Waals surface area contributed by atoms with E-state index in [0.29, 0.717) is 23.0 Å². The normalized spacial score (nSPS) is 11.6. The highest BCUT2D eigenvalue weighted by Gasteiger charge is 2.17. The van der Waals surface area contributed by atoms with E-state index in [2.05, 4.69) is 4.72 Å². The average Bonchev–Trinajstić information content (AvgIpc) is 2.48. The third-order valence-corrected chi connectivity index (χ3v) is 5.46. The predicted octanol–water partition coefficient (Wildman–Crippen LogP) is 4.56. The van der Waals surface area contributed by atoms with E-state index in [1.54, 1.807) is 6.07 Å². The molecule has 1 N–H and O–H groups in total. The van der Waals surface area contributed by atoms with Crippen molar-refractivity contribution in [3.63, 3.8) is 0 Å². The van der Waals surface area contributed by atoms with Gasteiger partial charge in [-0.25, -0.2) is 13.1 Å². The van der Waals surface area contributed by atoms with Crippen LogP contribution in [-0.4, -0.2) is 15.0 Å². The zero-order valence-corrected chi connectivity index (χ0v) is 14.6. The highest BCUT2D eigenvalue weighted by molar-refractivity contribution is 7.89. The highest BCUT2D eigenvalue weighted by Crippen LogP contribution is 2.24. The van der Waals surface area contributed by atoms with Crippen LogP contribution in [0.4, 0.5) is 0 Å². The number of rotatable bonds is 6. The molecule has 3 nitrogen and oxygen atoms in total. The van der Waals surface area contributed by atoms with Crippen molar-refractivity contribution in [2.45, 2.75) is 17.7 Å². The first kappa shape index (κ1) is 17.6. The fourth-order valence-corrected chi connectivity index (χ4v) is 3.87. The Kier molecular flexibility index (Phi) is 6.12. The van der Waals surface area contributed by atoms with Gasteiger partial charge in [-0.15, -0.1) is 0 Å². The topological polar surface area (TPSA) is 46.2 Å². The Bertz CT molecular complexity index is 746. The van der Waals surface area contributed by atoms with Crippen molar-refractivity contribution in [3.05, 3.63) is 63.1 Å². The van der Waals surface area contributed by atoms with Gasteiger partial charge in [0.1, 0.15) is 4.90 Å². The lowest BCUT2D eigenvalue weighted by molar-refractivity contribution is 0.579. The minimum atomic E-state index is -3.66. The van der Waals surface area contributed by atoms with E-state index >= 15 is 0 Å². The molecule has 0 saturated heterocycles. The average molecular weight is 379 g/mol. The number of hydrogen-bond donors (Lipinski definition) is 1. The Morgan fingerprint density at radius 2 is 1.55 bits per heavy atom. The molecule has 0 bridgehead atoms. The number of sulfonamides is 1. The molecule has 2 rings (SSSR count). The Morgan fingerprint density at radius 3 is 2.23 bits per heavy atom. The van der Waals surface area contributed by atoms with Crippen molar-refractivity contribution in [1.29, 1.82) is 0 Å². The zero-order chi connectivity index (χ0) is 16.2. The monoisotopic (exact) mass is 377 g/mol. The maximum absolute atomic E-state index is 12.2. The van der Waals surface area contributed by atoms with Crippen molar-refractivity contribution >= 4 is 44.8 Å². The molecule has 2 aromatic carbocycles. The van der Waals surface area contributed by atoms with Crippen molar-refractivity contribution in [2.24, 2.45) is 0 Å². The van der Waals surface area contributed by atoms with Gasteiger partial charge in [-0.2, -0.15) is 0 Å². The van der Waals surface area contributed by atoms with E-state index in [9.17, 15) is 8.42 Å². The second-order valence-electron chi connectivity index (χ2n) is 4.70. The lowest BCUT2D eigenvalue weighted by Gasteiger charge is -2.09. The van der Waals surface area contributed by atoms with E-state index in [-0.39, 0.29) is 9.92 Å². The van der Waals surface area contributed by atoms with Crippen LogP contribution in [0, 0.1) is 0 Å². The molecule has 0 saturated carbocycles. The van der Waals surface area contributed by atoms with Gasteiger partial charge in [0.25, 0.3) is 0 Å². The molecule has 22 heavy (non-hydrogen) atoms. The summed E-state index contributed by atoms with van der Waals surface area (Å²) < 4.78 is 26.9. The molecule has 0 unspecified atom stereocenters. The van der Waals surface area contributed by atoms with Crippen LogP contribution in [0.25, 0.3) is 0 Å². The summed E-state index contributed by atoms with van der Waals surface area (Å²) in [5.41, 5.74) is 1.10. The van der Waals surface area contributed by atoms with Crippen molar-refractivity contribution in [3.8, 4) is 0 Å². The van der Waals surface area contributed by atoms with Gasteiger partial charge in [0, 0.05) is 16.6 Å². The molecule has 0 aliphatic heterocycles. The van der Waals surface area contributed by atoms with Crippen LogP contribution < -0.4 is 4.72 Å². The fraction of sp³-hybridized carbons (Fsp3) is 0.200. The largest absolute Gasteiger partial charge is 0.242 e. The zero-order valence-electron chi connectivity index (χ0n) is 11.5. The van der Waals surface area contributed by atoms with Gasteiger partial charge in [0.05, 0.1) is 5.02 Å². The first-order chi connectivity index (χ1) is 10.4. The fourth-order valence-electron chi connectivity index (χ4n) is 1.91. The molecule has 0 aliphatic rings. The van der Waals surface area contributed by atoms with Crippen molar-refractivity contribution in [2.75, 3.05) is 6.54 Å². The van der Waals surface area contributed by atoms with Crippen LogP contribution in [0.5, 0.6) is 0 Å². The second-order valence-corrected chi connectivity index (χ2v) is 7.72. The number of halogens is 3. The van der Waals surface area contributed by atoms with E-state index in [1.165, 1.54) is 12.1 Å². The molecule has 0 amide bonds. The summed E-state index contributed by atoms with van der Waals surface area (Å²) in [6.45, 7) is 0.313. The van der Waals surface area contributed by atoms with Crippen LogP contribution in [0.15, 0.2) is 47.4 Å². The van der Waals surface area contributed by atoms with Crippen LogP contribution in [-0.2, 0) is 16.4 Å². The number of hydrogen-bond acceptors (Lipinski definition) is 2. The van der Waals surface area contributed by atoms with Gasteiger partial charge in [-0.05, 0) is 48.7 Å². The van der Waals surface area contributed by atoms with Gasteiger partial charge in [0.2, 0.25) is 10.0 Å². The summed E-state index contributed by atoms with van der Waals surface area (Å²) in [4.78, 5) is -0.00633. The van der Waals surface area contributed by atoms with Crippen LogP contribution in [0.2, 0.25) is 15.1 Å². The third kappa shape index (κ3) is 4.86. The lowest BCUT2D eigenvalue weighted by atomic mass is 10.1. The summed E-state index contributed by atoms with van der Waals surface area (Å²) in [7, 11) is -3.66. The van der Waals surface area contributed by atoms with Crippen molar-refractivity contribution in [1.82, 2.24) is 4.72 Å². The van der Waals surface area contributed by atoms with Gasteiger partial charge < -0.3 is 0 Å². The van der Waals surface area contributed by atoms with E-state index in [4.69, 9.17) is 34.8 Å². The standard InChI is InChI=1S/C15H14Cl3NO2S/c16-12-5-3-11(4-6-12)2-1-9-19-22(20,21)15-10-13(17)7-8-14(15)18/h3-8,10,19H,1-2,9H2. The first-order valence-electron chi connectivity index (χ1n) is 6.58. The van der Waals surface area contributed by atoms with Gasteiger partial charge in [-0.1, -0.05) is 46.9 Å². The molecule has 0 aliphatic carbocycles. The van der Waals surface area contributed by atoms with E-state index in [0.717, 1.165) is 12.0 Å². The number of aryl methyl sites for hydroxylation is 1. The molecule has 0 spiro atoms. The molecule has 118 valence electrons.